The Kier molecular flexibility index (Phi) is 2.90. The van der Waals surface area contributed by atoms with Crippen LogP contribution in [0.3, 0.4) is 0 Å². The number of hydrogen-bond donors (Lipinski definition) is 0. The van der Waals surface area contributed by atoms with E-state index < -0.39 is 0 Å². The van der Waals surface area contributed by atoms with Crippen LogP contribution in [0.15, 0.2) is 12.4 Å². The first-order chi connectivity index (χ1) is 5.65. The van der Waals surface area contributed by atoms with Gasteiger partial charge < -0.3 is 0 Å². The van der Waals surface area contributed by atoms with Gasteiger partial charge in [-0.2, -0.15) is 5.10 Å². The van der Waals surface area contributed by atoms with Gasteiger partial charge in [-0.05, 0) is 24.3 Å². The van der Waals surface area contributed by atoms with Crippen molar-refractivity contribution in [1.82, 2.24) is 9.78 Å². The van der Waals surface area contributed by atoms with Gasteiger partial charge in [-0.3, -0.25) is 4.68 Å². The van der Waals surface area contributed by atoms with Crippen molar-refractivity contribution < 1.29 is 0 Å². The van der Waals surface area contributed by atoms with Crippen LogP contribution in [0, 0.1) is 5.92 Å². The lowest BCUT2D eigenvalue weighted by Gasteiger charge is -2.12. The van der Waals surface area contributed by atoms with E-state index >= 15 is 0 Å². The minimum atomic E-state index is 0.616. The van der Waals surface area contributed by atoms with Gasteiger partial charge in [0.15, 0.2) is 0 Å². The SMILES string of the molecule is CCn1cc(C(C)C(C)C)cn1. The predicted molar refractivity (Wildman–Crippen MR) is 51.2 cm³/mol. The summed E-state index contributed by atoms with van der Waals surface area (Å²) in [5.74, 6) is 1.31. The van der Waals surface area contributed by atoms with E-state index in [2.05, 4.69) is 39.0 Å². The van der Waals surface area contributed by atoms with Crippen molar-refractivity contribution in [1.29, 1.82) is 0 Å². The molecule has 1 aromatic rings. The van der Waals surface area contributed by atoms with Crippen LogP contribution in [0.2, 0.25) is 0 Å². The van der Waals surface area contributed by atoms with Gasteiger partial charge in [-0.15, -0.1) is 0 Å². The third-order valence-electron chi connectivity index (χ3n) is 2.50. The summed E-state index contributed by atoms with van der Waals surface area (Å²) in [5, 5.41) is 4.25. The lowest BCUT2D eigenvalue weighted by molar-refractivity contribution is 0.534. The zero-order valence-corrected chi connectivity index (χ0v) is 8.41. The van der Waals surface area contributed by atoms with Crippen LogP contribution < -0.4 is 0 Å². The van der Waals surface area contributed by atoms with E-state index in [9.17, 15) is 0 Å². The molecule has 1 rings (SSSR count). The molecule has 2 nitrogen and oxygen atoms in total. The molecule has 0 fully saturated rings. The summed E-state index contributed by atoms with van der Waals surface area (Å²) in [6.45, 7) is 9.81. The fourth-order valence-corrected chi connectivity index (χ4v) is 1.17. The minimum absolute atomic E-state index is 0.616. The summed E-state index contributed by atoms with van der Waals surface area (Å²) in [5.41, 5.74) is 1.35. The maximum absolute atomic E-state index is 4.25. The normalized spacial score (nSPS) is 13.8. The summed E-state index contributed by atoms with van der Waals surface area (Å²) in [6, 6.07) is 0. The highest BCUT2D eigenvalue weighted by molar-refractivity contribution is 5.10. The van der Waals surface area contributed by atoms with E-state index in [1.807, 2.05) is 10.9 Å². The summed E-state index contributed by atoms with van der Waals surface area (Å²) >= 11 is 0. The van der Waals surface area contributed by atoms with E-state index in [0.29, 0.717) is 11.8 Å². The molecule has 1 atom stereocenters. The third kappa shape index (κ3) is 1.87. The van der Waals surface area contributed by atoms with E-state index in [-0.39, 0.29) is 0 Å². The highest BCUT2D eigenvalue weighted by atomic mass is 15.3. The van der Waals surface area contributed by atoms with Crippen molar-refractivity contribution in [3.05, 3.63) is 18.0 Å². The van der Waals surface area contributed by atoms with Crippen LogP contribution in [-0.2, 0) is 6.54 Å². The fraction of sp³-hybridized carbons (Fsp3) is 0.700. The summed E-state index contributed by atoms with van der Waals surface area (Å²) < 4.78 is 1.98. The Hall–Kier alpha value is -0.790. The van der Waals surface area contributed by atoms with Gasteiger partial charge in [-0.1, -0.05) is 20.8 Å². The molecular formula is C10H18N2. The van der Waals surface area contributed by atoms with Crippen molar-refractivity contribution >= 4 is 0 Å². The first-order valence-electron chi connectivity index (χ1n) is 4.67. The molecule has 1 aromatic heterocycles. The fourth-order valence-electron chi connectivity index (χ4n) is 1.17. The lowest BCUT2D eigenvalue weighted by Crippen LogP contribution is -2.00. The molecule has 0 amide bonds. The second-order valence-electron chi connectivity index (χ2n) is 3.66. The Morgan fingerprint density at radius 1 is 1.42 bits per heavy atom. The average molecular weight is 166 g/mol. The first-order valence-corrected chi connectivity index (χ1v) is 4.67. The van der Waals surface area contributed by atoms with Crippen LogP contribution in [0.5, 0.6) is 0 Å². The average Bonchev–Trinajstić information content (AvgIpc) is 2.50. The van der Waals surface area contributed by atoms with Gasteiger partial charge in [-0.25, -0.2) is 0 Å². The number of hydrogen-bond acceptors (Lipinski definition) is 1. The minimum Gasteiger partial charge on any atom is -0.273 e. The van der Waals surface area contributed by atoms with E-state index in [1.165, 1.54) is 5.56 Å². The molecule has 12 heavy (non-hydrogen) atoms. The van der Waals surface area contributed by atoms with Crippen LogP contribution in [0.4, 0.5) is 0 Å². The zero-order chi connectivity index (χ0) is 9.14. The van der Waals surface area contributed by atoms with Crippen LogP contribution in [0.1, 0.15) is 39.2 Å². The maximum atomic E-state index is 4.25. The Bertz CT molecular complexity index is 238. The highest BCUT2D eigenvalue weighted by Gasteiger charge is 2.11. The lowest BCUT2D eigenvalue weighted by atomic mass is 9.93. The molecule has 0 saturated carbocycles. The Morgan fingerprint density at radius 2 is 2.08 bits per heavy atom. The van der Waals surface area contributed by atoms with Crippen LogP contribution >= 0.6 is 0 Å². The molecule has 0 radical (unpaired) electrons. The molecule has 0 aromatic carbocycles. The molecule has 68 valence electrons. The second kappa shape index (κ2) is 3.74. The number of aryl methyl sites for hydroxylation is 1. The monoisotopic (exact) mass is 166 g/mol. The van der Waals surface area contributed by atoms with Gasteiger partial charge in [0.1, 0.15) is 0 Å². The molecule has 0 aliphatic heterocycles. The smallest absolute Gasteiger partial charge is 0.0524 e. The topological polar surface area (TPSA) is 17.8 Å². The van der Waals surface area contributed by atoms with Gasteiger partial charge in [0.05, 0.1) is 6.20 Å². The van der Waals surface area contributed by atoms with Crippen molar-refractivity contribution in [2.45, 2.75) is 40.2 Å². The number of nitrogens with zero attached hydrogens (tertiary/aromatic N) is 2. The summed E-state index contributed by atoms with van der Waals surface area (Å²) in [6.07, 6.45) is 4.12. The largest absolute Gasteiger partial charge is 0.273 e. The molecule has 2 heteroatoms. The van der Waals surface area contributed by atoms with Gasteiger partial charge in [0.25, 0.3) is 0 Å². The molecule has 0 saturated heterocycles. The van der Waals surface area contributed by atoms with E-state index in [4.69, 9.17) is 0 Å². The third-order valence-corrected chi connectivity index (χ3v) is 2.50. The van der Waals surface area contributed by atoms with Crippen molar-refractivity contribution in [3.8, 4) is 0 Å². The van der Waals surface area contributed by atoms with Crippen LogP contribution in [-0.4, -0.2) is 9.78 Å². The van der Waals surface area contributed by atoms with E-state index in [0.717, 1.165) is 6.54 Å². The Labute approximate surface area is 74.6 Å². The molecule has 1 unspecified atom stereocenters. The molecule has 0 bridgehead atoms. The number of aromatic nitrogens is 2. The van der Waals surface area contributed by atoms with E-state index in [1.54, 1.807) is 0 Å². The van der Waals surface area contributed by atoms with Gasteiger partial charge >= 0.3 is 0 Å². The molecule has 0 N–H and O–H groups in total. The standard InChI is InChI=1S/C10H18N2/c1-5-12-7-10(6-11-12)9(4)8(2)3/h6-9H,5H2,1-4H3. The molecule has 0 spiro atoms. The Balaban J connectivity index is 2.74. The van der Waals surface area contributed by atoms with Gasteiger partial charge in [0, 0.05) is 12.7 Å². The van der Waals surface area contributed by atoms with Crippen molar-refractivity contribution in [2.24, 2.45) is 5.92 Å². The second-order valence-corrected chi connectivity index (χ2v) is 3.66. The molecule has 1 heterocycles. The summed E-state index contributed by atoms with van der Waals surface area (Å²) in [7, 11) is 0. The maximum Gasteiger partial charge on any atom is 0.0524 e. The number of rotatable bonds is 3. The van der Waals surface area contributed by atoms with Crippen molar-refractivity contribution in [3.63, 3.8) is 0 Å². The summed E-state index contributed by atoms with van der Waals surface area (Å²) in [4.78, 5) is 0. The predicted octanol–water partition coefficient (Wildman–Crippen LogP) is 2.66. The van der Waals surface area contributed by atoms with Crippen molar-refractivity contribution in [2.75, 3.05) is 0 Å². The van der Waals surface area contributed by atoms with Crippen LogP contribution in [0.25, 0.3) is 0 Å². The quantitative estimate of drug-likeness (QED) is 0.675. The molecular weight excluding hydrogens is 148 g/mol. The highest BCUT2D eigenvalue weighted by Crippen LogP contribution is 2.22. The Morgan fingerprint density at radius 3 is 2.50 bits per heavy atom. The zero-order valence-electron chi connectivity index (χ0n) is 8.41. The first kappa shape index (κ1) is 9.30. The molecule has 0 aliphatic rings. The van der Waals surface area contributed by atoms with Gasteiger partial charge in [0.2, 0.25) is 0 Å². The molecule has 0 aliphatic carbocycles.